The Labute approximate surface area is 458 Å². The van der Waals surface area contributed by atoms with Crippen molar-refractivity contribution in [2.45, 2.75) is 9.75 Å². The van der Waals surface area contributed by atoms with Crippen LogP contribution < -0.4 is 0 Å². The van der Waals surface area contributed by atoms with Gasteiger partial charge in [0, 0.05) is 33.4 Å². The van der Waals surface area contributed by atoms with E-state index in [-0.39, 0.29) is 60.3 Å². The fourth-order valence-corrected chi connectivity index (χ4v) is 14.5. The first-order valence-electron chi connectivity index (χ1n) is 13.9. The third kappa shape index (κ3) is 8.05. The van der Waals surface area contributed by atoms with Crippen molar-refractivity contribution in [1.29, 1.82) is 0 Å². The lowest BCUT2D eigenvalue weighted by molar-refractivity contribution is 0.847. The van der Waals surface area contributed by atoms with Gasteiger partial charge in [-0.2, -0.15) is 0 Å². The molecular weight excluding hydrogens is 1310 g/mol. The first kappa shape index (κ1) is 52.6. The van der Waals surface area contributed by atoms with Gasteiger partial charge in [-0.3, -0.25) is 0 Å². The van der Waals surface area contributed by atoms with Crippen LogP contribution >= 0.6 is 302 Å². The van der Waals surface area contributed by atoms with Crippen LogP contribution in [0.2, 0.25) is 121 Å². The molecule has 0 aliphatic heterocycles. The van der Waals surface area contributed by atoms with Crippen LogP contribution in [0.3, 0.4) is 0 Å². The van der Waals surface area contributed by atoms with Crippen molar-refractivity contribution in [3.8, 4) is 0 Å². The topological polar surface area (TPSA) is 0 Å². The summed E-state index contributed by atoms with van der Waals surface area (Å²) in [7, 11) is 0. The molecule has 0 bridgehead atoms. The van der Waals surface area contributed by atoms with Gasteiger partial charge in [0.05, 0.1) is 121 Å². The summed E-state index contributed by atoms with van der Waals surface area (Å²) in [6, 6.07) is 0. The molecule has 0 saturated heterocycles. The first-order valence-corrected chi connectivity index (χ1v) is 23.7. The lowest BCUT2D eigenvalue weighted by Crippen LogP contribution is -2.30. The largest absolute Gasteiger partial charge is 0.128 e. The van der Waals surface area contributed by atoms with E-state index in [4.69, 9.17) is 302 Å². The molecule has 0 aliphatic rings. The number of hydrogen-bond donors (Lipinski definition) is 0. The normalized spacial score (nSPS) is 12.3. The summed E-state index contributed by atoms with van der Waals surface area (Å²) in [6.07, 6.45) is 0. The molecule has 0 fully saturated rings. The van der Waals surface area contributed by atoms with Crippen LogP contribution in [0.4, 0.5) is 0 Å². The van der Waals surface area contributed by atoms with Crippen LogP contribution in [0.25, 0.3) is 0 Å². The van der Waals surface area contributed by atoms with Crippen LogP contribution in [0.15, 0.2) is 0 Å². The summed E-state index contributed by atoms with van der Waals surface area (Å²) in [5, 5.41) is -10.3. The Bertz CT molecular complexity index is 2220. The van der Waals surface area contributed by atoms with Gasteiger partial charge in [0.15, 0.2) is 0 Å². The smallest absolute Gasteiger partial charge is 0.103 e. The molecule has 0 amide bonds. The molecule has 0 spiro atoms. The van der Waals surface area contributed by atoms with Gasteiger partial charge in [0.2, 0.25) is 0 Å². The molecular formula is C32Cl26. The van der Waals surface area contributed by atoms with E-state index in [0.717, 1.165) is 0 Å². The molecule has 0 atom stereocenters. The number of benzene rings is 5. The molecule has 0 aliphatic carbocycles. The fraction of sp³-hybridized carbons (Fsp3) is 0.0625. The van der Waals surface area contributed by atoms with Crippen LogP contribution in [-0.2, 0) is 9.75 Å². The van der Waals surface area contributed by atoms with Crippen LogP contribution in [0.5, 0.6) is 0 Å². The van der Waals surface area contributed by atoms with Crippen molar-refractivity contribution in [3.63, 3.8) is 0 Å². The molecule has 58 heavy (non-hydrogen) atoms. The molecule has 5 aromatic rings. The van der Waals surface area contributed by atoms with Crippen molar-refractivity contribution in [3.05, 3.63) is 154 Å². The molecule has 0 saturated carbocycles. The third-order valence-corrected chi connectivity index (χ3v) is 20.1. The Morgan fingerprint density at radius 2 is 0.224 bits per heavy atom. The predicted octanol–water partition coefficient (Wildman–Crippen LogP) is 24.4. The molecule has 0 N–H and O–H groups in total. The number of halogens is 26. The van der Waals surface area contributed by atoms with Crippen molar-refractivity contribution in [2.75, 3.05) is 0 Å². The highest BCUT2D eigenvalue weighted by molar-refractivity contribution is 6.61. The van der Waals surface area contributed by atoms with E-state index in [1.807, 2.05) is 0 Å². The summed E-state index contributed by atoms with van der Waals surface area (Å²) in [5.74, 6) is 0. The van der Waals surface area contributed by atoms with Crippen molar-refractivity contribution >= 4 is 302 Å². The van der Waals surface area contributed by atoms with E-state index in [9.17, 15) is 0 Å². The Morgan fingerprint density at radius 3 is 0.362 bits per heavy atom. The summed E-state index contributed by atoms with van der Waals surface area (Å²) in [4.78, 5) is -5.39. The maximum absolute atomic E-state index is 7.85. The van der Waals surface area contributed by atoms with E-state index in [1.165, 1.54) is 0 Å². The summed E-state index contributed by atoms with van der Waals surface area (Å²) < 4.78 is 0. The molecule has 0 radical (unpaired) electrons. The van der Waals surface area contributed by atoms with E-state index < -0.39 is 103 Å². The SMILES string of the molecule is Clc1c(Cl)c(Cl)c(C(Cl)(c2c(Cl)c(Cl)c(Cl)c(Cl)c2Cl)c2c(Cl)c(Cl)c(Cl)c(C(Cl)(c3c(Cl)c(Cl)c(Cl)c(Cl)c3Cl)c3c(Cl)c(Cl)c(Cl)c(Cl)c3Cl)c2Cl)c(Cl)c1Cl. The molecule has 0 heterocycles. The van der Waals surface area contributed by atoms with E-state index in [0.29, 0.717) is 0 Å². The predicted molar refractivity (Wildman–Crippen MR) is 264 cm³/mol. The standard InChI is InChI=1S/C32Cl26/c33-7-1(31(57,3-10(36)19(45)27(53)20(46)11(3)37)4-12(38)21(47)28(54)22(48)13(4)39)8(34)18(44)9(35)2(7)32(58,5-14(40)23(49)29(55)24(50)15(5)41)6-16(42)25(51)30(56)26(52)17(6)43. The zero-order valence-corrected chi connectivity index (χ0v) is 45.5. The van der Waals surface area contributed by atoms with E-state index in [2.05, 4.69) is 0 Å². The highest BCUT2D eigenvalue weighted by Gasteiger charge is 2.53. The maximum Gasteiger partial charge on any atom is 0.128 e. The van der Waals surface area contributed by atoms with Crippen molar-refractivity contribution in [2.24, 2.45) is 0 Å². The van der Waals surface area contributed by atoms with Crippen LogP contribution in [0.1, 0.15) is 33.4 Å². The van der Waals surface area contributed by atoms with Gasteiger partial charge in [0.25, 0.3) is 0 Å². The zero-order chi connectivity index (χ0) is 44.3. The first-order chi connectivity index (χ1) is 26.6. The second-order valence-electron chi connectivity index (χ2n) is 11.1. The van der Waals surface area contributed by atoms with Gasteiger partial charge in [-0.25, -0.2) is 0 Å². The van der Waals surface area contributed by atoms with Crippen molar-refractivity contribution in [1.82, 2.24) is 0 Å². The number of alkyl halides is 2. The molecule has 26 heteroatoms. The molecule has 0 nitrogen and oxygen atoms in total. The number of hydrogen-bond acceptors (Lipinski definition) is 0. The molecule has 5 rings (SSSR count). The molecule has 5 aromatic carbocycles. The Balaban J connectivity index is 2.24. The maximum atomic E-state index is 7.85. The Hall–Kier alpha value is 3.64. The molecule has 0 unspecified atom stereocenters. The average molecular weight is 1310 g/mol. The molecule has 310 valence electrons. The zero-order valence-electron chi connectivity index (χ0n) is 25.8. The van der Waals surface area contributed by atoms with E-state index in [1.54, 1.807) is 0 Å². The second kappa shape index (κ2) is 19.3. The van der Waals surface area contributed by atoms with Crippen molar-refractivity contribution < 1.29 is 0 Å². The lowest BCUT2D eigenvalue weighted by Gasteiger charge is -2.39. The Kier molecular flexibility index (Phi) is 17.5. The van der Waals surface area contributed by atoms with Gasteiger partial charge in [-0.05, 0) is 0 Å². The minimum absolute atomic E-state index is 0.307. The van der Waals surface area contributed by atoms with Crippen LogP contribution in [-0.4, -0.2) is 0 Å². The van der Waals surface area contributed by atoms with Gasteiger partial charge < -0.3 is 0 Å². The summed E-state index contributed by atoms with van der Waals surface area (Å²) >= 11 is 178. The summed E-state index contributed by atoms with van der Waals surface area (Å²) in [5.41, 5.74) is -2.84. The lowest BCUT2D eigenvalue weighted by atomic mass is 9.78. The monoisotopic (exact) mass is 1290 g/mol. The van der Waals surface area contributed by atoms with Crippen LogP contribution in [0, 0.1) is 0 Å². The minimum atomic E-state index is -2.70. The van der Waals surface area contributed by atoms with Gasteiger partial charge in [-0.15, -0.1) is 23.2 Å². The Morgan fingerprint density at radius 1 is 0.138 bits per heavy atom. The highest BCUT2D eigenvalue weighted by Crippen LogP contribution is 2.67. The van der Waals surface area contributed by atoms with Gasteiger partial charge in [-0.1, -0.05) is 278 Å². The van der Waals surface area contributed by atoms with Gasteiger partial charge >= 0.3 is 0 Å². The fourth-order valence-electron chi connectivity index (χ4n) is 5.62. The summed E-state index contributed by atoms with van der Waals surface area (Å²) in [6.45, 7) is 0. The number of rotatable bonds is 6. The van der Waals surface area contributed by atoms with Gasteiger partial charge in [0.1, 0.15) is 9.75 Å². The second-order valence-corrected chi connectivity index (χ2v) is 21.3. The quantitative estimate of drug-likeness (QED) is 0.0688. The average Bonchev–Trinajstić information content (AvgIpc) is 3.16. The van der Waals surface area contributed by atoms with E-state index >= 15 is 0 Å². The molecule has 0 aromatic heterocycles. The minimum Gasteiger partial charge on any atom is -0.103 e. The highest BCUT2D eigenvalue weighted by atomic mass is 35.5. The third-order valence-electron chi connectivity index (χ3n) is 8.17.